The van der Waals surface area contributed by atoms with Gasteiger partial charge in [-0.1, -0.05) is 12.1 Å². The van der Waals surface area contributed by atoms with Gasteiger partial charge >= 0.3 is 0 Å². The maximum atomic E-state index is 13.1. The first-order chi connectivity index (χ1) is 15.8. The monoisotopic (exact) mass is 456 g/mol. The Balaban J connectivity index is 1.35. The molecule has 3 aliphatic rings. The largest absolute Gasteiger partial charge is 0.378 e. The van der Waals surface area contributed by atoms with Gasteiger partial charge in [0.2, 0.25) is 11.8 Å². The number of piperazine rings is 1. The van der Waals surface area contributed by atoms with Gasteiger partial charge in [0.15, 0.2) is 0 Å². The first kappa shape index (κ1) is 24.0. The lowest BCUT2D eigenvalue weighted by molar-refractivity contribution is -0.133. The third-order valence-electron chi connectivity index (χ3n) is 7.74. The van der Waals surface area contributed by atoms with Crippen molar-refractivity contribution in [3.63, 3.8) is 0 Å². The zero-order chi connectivity index (χ0) is 23.5. The van der Waals surface area contributed by atoms with E-state index in [1.165, 1.54) is 11.3 Å². The quantitative estimate of drug-likeness (QED) is 0.679. The summed E-state index contributed by atoms with van der Waals surface area (Å²) in [6.45, 7) is 5.84. The third kappa shape index (κ3) is 5.50. The Labute approximate surface area is 198 Å². The topological polar surface area (TPSA) is 62.4 Å². The lowest BCUT2D eigenvalue weighted by atomic mass is 10.0. The predicted molar refractivity (Wildman–Crippen MR) is 131 cm³/mol. The van der Waals surface area contributed by atoms with Crippen molar-refractivity contribution in [2.24, 2.45) is 0 Å². The number of fused-ring (bicyclic) bond motifs is 1. The van der Waals surface area contributed by atoms with Gasteiger partial charge in [-0.05, 0) is 44.6 Å². The second-order valence-corrected chi connectivity index (χ2v) is 10.1. The SMILES string of the molecule is CN1CCN(C(=O)CCC2CNC(=O)C3C(CCN3Cc3ccc(N(C)C)cc3)N2C)CC1. The molecule has 8 nitrogen and oxygen atoms in total. The van der Waals surface area contributed by atoms with Gasteiger partial charge in [0, 0.05) is 84.1 Å². The number of hydrogen-bond donors (Lipinski definition) is 1. The summed E-state index contributed by atoms with van der Waals surface area (Å²) in [4.78, 5) is 36.9. The molecule has 1 aromatic carbocycles. The van der Waals surface area contributed by atoms with Crippen LogP contribution in [0.4, 0.5) is 5.69 Å². The predicted octanol–water partition coefficient (Wildman–Crippen LogP) is 0.680. The van der Waals surface area contributed by atoms with Crippen LogP contribution in [0.3, 0.4) is 0 Å². The fourth-order valence-electron chi connectivity index (χ4n) is 5.46. The van der Waals surface area contributed by atoms with Crippen molar-refractivity contribution in [2.45, 2.75) is 43.9 Å². The minimum Gasteiger partial charge on any atom is -0.378 e. The van der Waals surface area contributed by atoms with E-state index in [-0.39, 0.29) is 29.9 Å². The Morgan fingerprint density at radius 2 is 1.76 bits per heavy atom. The number of benzene rings is 1. The van der Waals surface area contributed by atoms with Gasteiger partial charge < -0.3 is 20.0 Å². The van der Waals surface area contributed by atoms with Crippen molar-refractivity contribution < 1.29 is 9.59 Å². The summed E-state index contributed by atoms with van der Waals surface area (Å²) in [5.41, 5.74) is 2.41. The summed E-state index contributed by atoms with van der Waals surface area (Å²) < 4.78 is 0. The van der Waals surface area contributed by atoms with Gasteiger partial charge in [0.25, 0.3) is 0 Å². The zero-order valence-corrected chi connectivity index (χ0v) is 20.7. The Morgan fingerprint density at radius 1 is 1.06 bits per heavy atom. The molecule has 4 rings (SSSR count). The minimum absolute atomic E-state index is 0.127. The average molecular weight is 457 g/mol. The molecule has 0 aromatic heterocycles. The molecule has 3 fully saturated rings. The van der Waals surface area contributed by atoms with Gasteiger partial charge in [0.05, 0.1) is 0 Å². The number of hydrogen-bond acceptors (Lipinski definition) is 6. The van der Waals surface area contributed by atoms with Crippen molar-refractivity contribution in [2.75, 3.05) is 72.4 Å². The number of anilines is 1. The van der Waals surface area contributed by atoms with E-state index in [2.05, 4.69) is 63.3 Å². The van der Waals surface area contributed by atoms with Crippen LogP contribution in [0, 0.1) is 0 Å². The van der Waals surface area contributed by atoms with Crippen LogP contribution in [0.25, 0.3) is 0 Å². The highest BCUT2D eigenvalue weighted by Crippen LogP contribution is 2.29. The molecule has 0 aliphatic carbocycles. The third-order valence-corrected chi connectivity index (χ3v) is 7.74. The summed E-state index contributed by atoms with van der Waals surface area (Å²) in [7, 11) is 8.32. The highest BCUT2D eigenvalue weighted by Gasteiger charge is 2.45. The lowest BCUT2D eigenvalue weighted by Gasteiger charge is -2.35. The van der Waals surface area contributed by atoms with E-state index < -0.39 is 0 Å². The smallest absolute Gasteiger partial charge is 0.239 e. The van der Waals surface area contributed by atoms with E-state index in [0.717, 1.165) is 52.1 Å². The molecule has 182 valence electrons. The van der Waals surface area contributed by atoms with Gasteiger partial charge in [-0.2, -0.15) is 0 Å². The molecule has 3 heterocycles. The molecule has 33 heavy (non-hydrogen) atoms. The molecule has 3 atom stereocenters. The Bertz CT molecular complexity index is 821. The van der Waals surface area contributed by atoms with Gasteiger partial charge in [0.1, 0.15) is 6.04 Å². The second-order valence-electron chi connectivity index (χ2n) is 10.1. The van der Waals surface area contributed by atoms with Crippen molar-refractivity contribution in [1.82, 2.24) is 24.9 Å². The van der Waals surface area contributed by atoms with E-state index in [9.17, 15) is 9.59 Å². The van der Waals surface area contributed by atoms with E-state index in [0.29, 0.717) is 13.0 Å². The number of amides is 2. The fraction of sp³-hybridized carbons (Fsp3) is 0.680. The first-order valence-corrected chi connectivity index (χ1v) is 12.3. The van der Waals surface area contributed by atoms with Crippen LogP contribution in [-0.2, 0) is 16.1 Å². The van der Waals surface area contributed by atoms with Crippen molar-refractivity contribution in [3.05, 3.63) is 29.8 Å². The summed E-state index contributed by atoms with van der Waals surface area (Å²) in [6.07, 6.45) is 2.32. The summed E-state index contributed by atoms with van der Waals surface area (Å²) in [5, 5.41) is 3.18. The average Bonchev–Trinajstić information content (AvgIpc) is 3.17. The molecule has 0 radical (unpaired) electrons. The summed E-state index contributed by atoms with van der Waals surface area (Å²) in [5.74, 6) is 0.375. The summed E-state index contributed by atoms with van der Waals surface area (Å²) in [6, 6.07) is 8.84. The van der Waals surface area contributed by atoms with Crippen LogP contribution in [0.2, 0.25) is 0 Å². The molecular formula is C25H40N6O2. The van der Waals surface area contributed by atoms with E-state index in [4.69, 9.17) is 0 Å². The first-order valence-electron chi connectivity index (χ1n) is 12.3. The van der Waals surface area contributed by atoms with Crippen molar-refractivity contribution in [1.29, 1.82) is 0 Å². The Morgan fingerprint density at radius 3 is 2.42 bits per heavy atom. The van der Waals surface area contributed by atoms with Crippen LogP contribution >= 0.6 is 0 Å². The molecule has 8 heteroatoms. The van der Waals surface area contributed by atoms with Crippen molar-refractivity contribution in [3.8, 4) is 0 Å². The highest BCUT2D eigenvalue weighted by atomic mass is 16.2. The van der Waals surface area contributed by atoms with Crippen LogP contribution < -0.4 is 10.2 Å². The van der Waals surface area contributed by atoms with Crippen LogP contribution in [-0.4, -0.2) is 117 Å². The van der Waals surface area contributed by atoms with E-state index >= 15 is 0 Å². The van der Waals surface area contributed by atoms with Gasteiger partial charge in [-0.25, -0.2) is 0 Å². The maximum absolute atomic E-state index is 13.1. The van der Waals surface area contributed by atoms with Crippen LogP contribution in [0.15, 0.2) is 24.3 Å². The normalized spacial score (nSPS) is 27.2. The molecule has 3 saturated heterocycles. The molecule has 1 N–H and O–H groups in total. The van der Waals surface area contributed by atoms with Gasteiger partial charge in [-0.15, -0.1) is 0 Å². The molecule has 3 unspecified atom stereocenters. The molecule has 3 aliphatic heterocycles. The molecular weight excluding hydrogens is 416 g/mol. The second kappa shape index (κ2) is 10.4. The number of nitrogens with one attached hydrogen (secondary N) is 1. The maximum Gasteiger partial charge on any atom is 0.239 e. The van der Waals surface area contributed by atoms with Crippen LogP contribution in [0.1, 0.15) is 24.8 Å². The van der Waals surface area contributed by atoms with E-state index in [1.807, 2.05) is 19.0 Å². The summed E-state index contributed by atoms with van der Waals surface area (Å²) >= 11 is 0. The zero-order valence-electron chi connectivity index (χ0n) is 20.7. The molecule has 0 saturated carbocycles. The minimum atomic E-state index is -0.137. The number of nitrogens with zero attached hydrogens (tertiary/aromatic N) is 5. The lowest BCUT2D eigenvalue weighted by Crippen LogP contribution is -2.50. The number of carbonyl (C=O) groups is 2. The number of likely N-dealkylation sites (tertiary alicyclic amines) is 1. The molecule has 0 bridgehead atoms. The number of likely N-dealkylation sites (N-methyl/N-ethyl adjacent to an activating group) is 2. The molecule has 2 amide bonds. The number of rotatable bonds is 6. The highest BCUT2D eigenvalue weighted by molar-refractivity contribution is 5.83. The standard InChI is InChI=1S/C25H40N6O2/c1-27(2)20-7-5-19(6-8-20)18-31-12-11-22-24(31)25(33)26-17-21(29(22)4)9-10-23(32)30-15-13-28(3)14-16-30/h5-8,21-22,24H,9-18H2,1-4H3,(H,26,33). The fourth-order valence-corrected chi connectivity index (χ4v) is 5.46. The van der Waals surface area contributed by atoms with E-state index in [1.54, 1.807) is 0 Å². The van der Waals surface area contributed by atoms with Crippen molar-refractivity contribution >= 4 is 17.5 Å². The Kier molecular flexibility index (Phi) is 7.56. The van der Waals surface area contributed by atoms with Gasteiger partial charge in [-0.3, -0.25) is 19.4 Å². The van der Waals surface area contributed by atoms with Crippen LogP contribution in [0.5, 0.6) is 0 Å². The number of carbonyl (C=O) groups excluding carboxylic acids is 2. The molecule has 1 aromatic rings. The molecule has 0 spiro atoms. The Hall–Kier alpha value is -2.16.